The number of hydrogen-bond donors (Lipinski definition) is 1. The Morgan fingerprint density at radius 3 is 2.28 bits per heavy atom. The van der Waals surface area contributed by atoms with Gasteiger partial charge in [0.15, 0.2) is 0 Å². The van der Waals surface area contributed by atoms with Crippen LogP contribution in [0.15, 0.2) is 71.5 Å². The van der Waals surface area contributed by atoms with Crippen molar-refractivity contribution in [1.82, 2.24) is 15.1 Å². The van der Waals surface area contributed by atoms with Crippen molar-refractivity contribution in [3.63, 3.8) is 0 Å². The first kappa shape index (κ1) is 20.5. The molecule has 1 atom stereocenters. The van der Waals surface area contributed by atoms with Crippen LogP contribution in [0, 0.1) is 5.92 Å². The average Bonchev–Trinajstić information content (AvgIpc) is 2.74. The van der Waals surface area contributed by atoms with E-state index in [1.54, 1.807) is 0 Å². The smallest absolute Gasteiger partial charge is 0.272 e. The van der Waals surface area contributed by atoms with Crippen LogP contribution in [0.4, 0.5) is 0 Å². The molecule has 1 aromatic heterocycles. The molecular formula is C24H27N3O2. The number of benzene rings is 2. The second-order valence-electron chi connectivity index (χ2n) is 7.49. The molecule has 5 heteroatoms. The van der Waals surface area contributed by atoms with Crippen molar-refractivity contribution in [3.05, 3.63) is 99.5 Å². The number of carbonyl (C=O) groups is 1. The SMILES string of the molecule is CCc1ccc([C@@H](NC(=O)c2ccc(=O)n(Cc3ccccc3)n2)C(C)C)cc1. The Morgan fingerprint density at radius 1 is 0.966 bits per heavy atom. The van der Waals surface area contributed by atoms with Crippen LogP contribution in [0.5, 0.6) is 0 Å². The Hall–Kier alpha value is -3.21. The molecule has 5 nitrogen and oxygen atoms in total. The van der Waals surface area contributed by atoms with Crippen molar-refractivity contribution >= 4 is 5.91 Å². The molecule has 0 aliphatic rings. The van der Waals surface area contributed by atoms with E-state index in [2.05, 4.69) is 55.5 Å². The van der Waals surface area contributed by atoms with Crippen molar-refractivity contribution in [2.75, 3.05) is 0 Å². The molecule has 2 aromatic carbocycles. The summed E-state index contributed by atoms with van der Waals surface area (Å²) in [4.78, 5) is 25.1. The van der Waals surface area contributed by atoms with Gasteiger partial charge < -0.3 is 5.32 Å². The summed E-state index contributed by atoms with van der Waals surface area (Å²) < 4.78 is 1.32. The molecule has 0 aliphatic carbocycles. The zero-order valence-electron chi connectivity index (χ0n) is 17.1. The number of hydrogen-bond acceptors (Lipinski definition) is 3. The van der Waals surface area contributed by atoms with Crippen LogP contribution in [-0.2, 0) is 13.0 Å². The maximum atomic E-state index is 12.9. The fourth-order valence-corrected chi connectivity index (χ4v) is 3.25. The topological polar surface area (TPSA) is 64.0 Å². The summed E-state index contributed by atoms with van der Waals surface area (Å²) in [6.45, 7) is 6.59. The zero-order chi connectivity index (χ0) is 20.8. The molecule has 0 bridgehead atoms. The molecule has 3 aromatic rings. The third kappa shape index (κ3) is 5.19. The average molecular weight is 389 g/mol. The third-order valence-electron chi connectivity index (χ3n) is 4.97. The first-order chi connectivity index (χ1) is 14.0. The maximum absolute atomic E-state index is 12.9. The lowest BCUT2D eigenvalue weighted by Crippen LogP contribution is -2.34. The van der Waals surface area contributed by atoms with E-state index < -0.39 is 0 Å². The molecule has 29 heavy (non-hydrogen) atoms. The number of rotatable bonds is 7. The number of nitrogens with zero attached hydrogens (tertiary/aromatic N) is 2. The van der Waals surface area contributed by atoms with Gasteiger partial charge in [-0.15, -0.1) is 0 Å². The maximum Gasteiger partial charge on any atom is 0.272 e. The predicted octanol–water partition coefficient (Wildman–Crippen LogP) is 3.98. The molecule has 0 fully saturated rings. The molecular weight excluding hydrogens is 362 g/mol. The molecule has 0 radical (unpaired) electrons. The van der Waals surface area contributed by atoms with Gasteiger partial charge in [0, 0.05) is 6.07 Å². The van der Waals surface area contributed by atoms with Crippen LogP contribution in [0.2, 0.25) is 0 Å². The second-order valence-corrected chi connectivity index (χ2v) is 7.49. The quantitative estimate of drug-likeness (QED) is 0.665. The number of aryl methyl sites for hydroxylation is 1. The van der Waals surface area contributed by atoms with E-state index in [0.29, 0.717) is 6.54 Å². The molecule has 3 rings (SSSR count). The van der Waals surface area contributed by atoms with E-state index >= 15 is 0 Å². The van der Waals surface area contributed by atoms with Crippen molar-refractivity contribution in [3.8, 4) is 0 Å². The summed E-state index contributed by atoms with van der Waals surface area (Å²) in [6.07, 6.45) is 0.978. The molecule has 150 valence electrons. The molecule has 0 saturated carbocycles. The number of nitrogens with one attached hydrogen (secondary N) is 1. The lowest BCUT2D eigenvalue weighted by atomic mass is 9.94. The Morgan fingerprint density at radius 2 is 1.66 bits per heavy atom. The minimum absolute atomic E-state index is 0.135. The van der Waals surface area contributed by atoms with Crippen molar-refractivity contribution in [2.24, 2.45) is 5.92 Å². The van der Waals surface area contributed by atoms with Gasteiger partial charge in [-0.05, 0) is 35.1 Å². The van der Waals surface area contributed by atoms with Gasteiger partial charge in [-0.1, -0.05) is 75.4 Å². The normalized spacial score (nSPS) is 12.0. The Kier molecular flexibility index (Phi) is 6.60. The lowest BCUT2D eigenvalue weighted by Gasteiger charge is -2.23. The monoisotopic (exact) mass is 389 g/mol. The van der Waals surface area contributed by atoms with Gasteiger partial charge in [-0.2, -0.15) is 5.10 Å². The minimum Gasteiger partial charge on any atom is -0.344 e. The standard InChI is InChI=1S/C24H27N3O2/c1-4-18-10-12-20(13-11-18)23(17(2)3)25-24(29)21-14-15-22(28)27(26-21)16-19-8-6-5-7-9-19/h5-15,17,23H,4,16H2,1-3H3,(H,25,29)/t23-/m0/s1. The van der Waals surface area contributed by atoms with Gasteiger partial charge >= 0.3 is 0 Å². The van der Waals surface area contributed by atoms with E-state index in [1.165, 1.54) is 22.4 Å². The van der Waals surface area contributed by atoms with E-state index in [-0.39, 0.29) is 29.1 Å². The van der Waals surface area contributed by atoms with Crippen molar-refractivity contribution in [2.45, 2.75) is 39.8 Å². The predicted molar refractivity (Wildman–Crippen MR) is 115 cm³/mol. The fourth-order valence-electron chi connectivity index (χ4n) is 3.25. The molecule has 0 spiro atoms. The summed E-state index contributed by atoms with van der Waals surface area (Å²) in [5.41, 5.74) is 3.27. The van der Waals surface area contributed by atoms with E-state index in [9.17, 15) is 9.59 Å². The van der Waals surface area contributed by atoms with Crippen LogP contribution in [0.1, 0.15) is 54.0 Å². The van der Waals surface area contributed by atoms with Crippen LogP contribution >= 0.6 is 0 Å². The van der Waals surface area contributed by atoms with Gasteiger partial charge in [0.25, 0.3) is 11.5 Å². The summed E-state index contributed by atoms with van der Waals surface area (Å²) in [5.74, 6) is -0.0771. The van der Waals surface area contributed by atoms with Gasteiger partial charge in [0.1, 0.15) is 5.69 Å². The van der Waals surface area contributed by atoms with Crippen LogP contribution in [0.3, 0.4) is 0 Å². The van der Waals surface area contributed by atoms with Gasteiger partial charge in [-0.3, -0.25) is 9.59 Å². The minimum atomic E-state index is -0.287. The van der Waals surface area contributed by atoms with Crippen LogP contribution in [-0.4, -0.2) is 15.7 Å². The molecule has 0 saturated heterocycles. The second kappa shape index (κ2) is 9.32. The Bertz CT molecular complexity index is 1010. The largest absolute Gasteiger partial charge is 0.344 e. The van der Waals surface area contributed by atoms with Crippen LogP contribution in [0.25, 0.3) is 0 Å². The highest BCUT2D eigenvalue weighted by atomic mass is 16.2. The molecule has 0 unspecified atom stereocenters. The lowest BCUT2D eigenvalue weighted by molar-refractivity contribution is 0.0918. The first-order valence-corrected chi connectivity index (χ1v) is 9.99. The highest BCUT2D eigenvalue weighted by molar-refractivity contribution is 5.92. The summed E-state index contributed by atoms with van der Waals surface area (Å²) in [5, 5.41) is 7.37. The highest BCUT2D eigenvalue weighted by Gasteiger charge is 2.20. The molecule has 1 heterocycles. The number of carbonyl (C=O) groups excluding carboxylic acids is 1. The van der Waals surface area contributed by atoms with Crippen molar-refractivity contribution in [1.29, 1.82) is 0 Å². The number of aromatic nitrogens is 2. The molecule has 1 N–H and O–H groups in total. The summed E-state index contributed by atoms with van der Waals surface area (Å²) in [7, 11) is 0. The summed E-state index contributed by atoms with van der Waals surface area (Å²) in [6, 6.07) is 20.6. The first-order valence-electron chi connectivity index (χ1n) is 9.99. The van der Waals surface area contributed by atoms with E-state index in [4.69, 9.17) is 0 Å². The third-order valence-corrected chi connectivity index (χ3v) is 4.97. The zero-order valence-corrected chi connectivity index (χ0v) is 17.1. The Balaban J connectivity index is 1.81. The van der Waals surface area contributed by atoms with Crippen LogP contribution < -0.4 is 10.9 Å². The Labute approximate surface area is 171 Å². The van der Waals surface area contributed by atoms with Gasteiger partial charge in [0.05, 0.1) is 12.6 Å². The fraction of sp³-hybridized carbons (Fsp3) is 0.292. The molecule has 1 amide bonds. The van der Waals surface area contributed by atoms with E-state index in [1.807, 2.05) is 30.3 Å². The summed E-state index contributed by atoms with van der Waals surface area (Å²) >= 11 is 0. The van der Waals surface area contributed by atoms with Gasteiger partial charge in [-0.25, -0.2) is 4.68 Å². The molecule has 0 aliphatic heterocycles. The van der Waals surface area contributed by atoms with E-state index in [0.717, 1.165) is 17.5 Å². The highest BCUT2D eigenvalue weighted by Crippen LogP contribution is 2.22. The number of amides is 1. The van der Waals surface area contributed by atoms with Gasteiger partial charge in [0.2, 0.25) is 0 Å². The van der Waals surface area contributed by atoms with Crippen molar-refractivity contribution < 1.29 is 4.79 Å².